The molecule has 0 aliphatic heterocycles. The van der Waals surface area contributed by atoms with Crippen molar-refractivity contribution in [2.45, 2.75) is 12.8 Å². The van der Waals surface area contributed by atoms with Crippen LogP contribution in [0.5, 0.6) is 0 Å². The molecule has 3 nitrogen and oxygen atoms in total. The fourth-order valence-electron chi connectivity index (χ4n) is 1.13. The molecule has 0 aromatic heterocycles. The van der Waals surface area contributed by atoms with Crippen molar-refractivity contribution in [3.8, 4) is 0 Å². The topological polar surface area (TPSA) is 43.1 Å². The third-order valence-electron chi connectivity index (χ3n) is 1.71. The minimum atomic E-state index is -0.262. The molecule has 1 aliphatic rings. The lowest BCUT2D eigenvalue weighted by atomic mass is 10.1. The highest BCUT2D eigenvalue weighted by atomic mass is 16.6. The average Bonchev–Trinajstić information content (AvgIpc) is 2.39. The van der Waals surface area contributed by atoms with E-state index < -0.39 is 0 Å². The molecule has 0 amide bonds. The van der Waals surface area contributed by atoms with Crippen molar-refractivity contribution >= 4 is 0 Å². The summed E-state index contributed by atoms with van der Waals surface area (Å²) in [5, 5.41) is 9.94. The molecule has 0 aromatic rings. The van der Waals surface area contributed by atoms with Crippen LogP contribution in [0.1, 0.15) is 12.8 Å². The Morgan fingerprint density at radius 3 is 2.55 bits per heavy atom. The lowest BCUT2D eigenvalue weighted by Gasteiger charge is -2.00. The quantitative estimate of drug-likeness (QED) is 0.456. The van der Waals surface area contributed by atoms with Gasteiger partial charge in [-0.25, -0.2) is 0 Å². The molecule has 0 atom stereocenters. The number of nitrogens with zero attached hydrogens (tertiary/aromatic N) is 1. The van der Waals surface area contributed by atoms with Crippen LogP contribution in [0.25, 0.3) is 0 Å². The van der Waals surface area contributed by atoms with Gasteiger partial charge in [-0.15, -0.1) is 0 Å². The van der Waals surface area contributed by atoms with E-state index in [0.717, 1.165) is 6.42 Å². The van der Waals surface area contributed by atoms with Gasteiger partial charge in [0.2, 0.25) is 6.54 Å². The van der Waals surface area contributed by atoms with E-state index in [1.807, 2.05) is 12.2 Å². The lowest BCUT2D eigenvalue weighted by Crippen LogP contribution is -2.02. The Bertz CT molecular complexity index is 184. The second kappa shape index (κ2) is 3.91. The molecule has 0 saturated carbocycles. The molecule has 0 fully saturated rings. The minimum absolute atomic E-state index is 0.0954. The van der Waals surface area contributed by atoms with Gasteiger partial charge in [-0.1, -0.05) is 24.3 Å². The molecular formula is C8H11NO2. The summed E-state index contributed by atoms with van der Waals surface area (Å²) in [5.74, 6) is 0.440. The maximum Gasteiger partial charge on any atom is 0.203 e. The molecule has 0 N–H and O–H groups in total. The Kier molecular flexibility index (Phi) is 2.83. The fourth-order valence-corrected chi connectivity index (χ4v) is 1.13. The van der Waals surface area contributed by atoms with E-state index in [-0.39, 0.29) is 11.5 Å². The molecule has 60 valence electrons. The molecule has 0 heterocycles. The van der Waals surface area contributed by atoms with Gasteiger partial charge in [-0.05, 0) is 12.3 Å². The highest BCUT2D eigenvalue weighted by Gasteiger charge is 2.05. The van der Waals surface area contributed by atoms with Gasteiger partial charge in [0.05, 0.1) is 0 Å². The fraction of sp³-hybridized carbons (Fsp3) is 0.500. The average molecular weight is 153 g/mol. The molecular weight excluding hydrogens is 142 g/mol. The Labute approximate surface area is 65.6 Å². The Hall–Kier alpha value is -1.12. The largest absolute Gasteiger partial charge is 0.265 e. The zero-order chi connectivity index (χ0) is 8.10. The first kappa shape index (κ1) is 7.98. The number of hydrogen-bond acceptors (Lipinski definition) is 2. The minimum Gasteiger partial charge on any atom is -0.265 e. The third-order valence-corrected chi connectivity index (χ3v) is 1.71. The Balaban J connectivity index is 2.08. The monoisotopic (exact) mass is 153 g/mol. The summed E-state index contributed by atoms with van der Waals surface area (Å²) >= 11 is 0. The molecule has 0 radical (unpaired) electrons. The van der Waals surface area contributed by atoms with Crippen LogP contribution in [0.4, 0.5) is 0 Å². The van der Waals surface area contributed by atoms with Crippen LogP contribution in [0, 0.1) is 16.0 Å². The number of nitro groups is 1. The van der Waals surface area contributed by atoms with Crippen LogP contribution in [0.2, 0.25) is 0 Å². The molecule has 3 heteroatoms. The summed E-state index contributed by atoms with van der Waals surface area (Å²) in [6, 6.07) is 0. The highest BCUT2D eigenvalue weighted by Crippen LogP contribution is 2.14. The van der Waals surface area contributed by atoms with Crippen molar-refractivity contribution in [3.05, 3.63) is 34.4 Å². The summed E-state index contributed by atoms with van der Waals surface area (Å²) in [7, 11) is 0. The van der Waals surface area contributed by atoms with E-state index in [1.54, 1.807) is 0 Å². The van der Waals surface area contributed by atoms with Crippen LogP contribution in [0.15, 0.2) is 24.3 Å². The SMILES string of the molecule is O=[N+]([O-])CCCC1C=CC=C1. The predicted octanol–water partition coefficient (Wildman–Crippen LogP) is 1.79. The van der Waals surface area contributed by atoms with Crippen molar-refractivity contribution in [2.75, 3.05) is 6.54 Å². The van der Waals surface area contributed by atoms with Gasteiger partial charge >= 0.3 is 0 Å². The van der Waals surface area contributed by atoms with Gasteiger partial charge in [-0.3, -0.25) is 10.1 Å². The summed E-state index contributed by atoms with van der Waals surface area (Å²) in [4.78, 5) is 9.68. The van der Waals surface area contributed by atoms with Crippen molar-refractivity contribution < 1.29 is 4.92 Å². The number of hydrogen-bond donors (Lipinski definition) is 0. The zero-order valence-corrected chi connectivity index (χ0v) is 6.27. The predicted molar refractivity (Wildman–Crippen MR) is 42.9 cm³/mol. The van der Waals surface area contributed by atoms with Gasteiger partial charge in [0.15, 0.2) is 0 Å². The van der Waals surface area contributed by atoms with Crippen molar-refractivity contribution in [1.29, 1.82) is 0 Å². The molecule has 0 bridgehead atoms. The van der Waals surface area contributed by atoms with Gasteiger partial charge in [0, 0.05) is 11.3 Å². The van der Waals surface area contributed by atoms with Crippen molar-refractivity contribution in [1.82, 2.24) is 0 Å². The smallest absolute Gasteiger partial charge is 0.203 e. The maximum absolute atomic E-state index is 9.94. The third kappa shape index (κ3) is 2.98. The van der Waals surface area contributed by atoms with E-state index in [4.69, 9.17) is 0 Å². The second-order valence-corrected chi connectivity index (χ2v) is 2.63. The van der Waals surface area contributed by atoms with Gasteiger partial charge in [0.1, 0.15) is 0 Å². The summed E-state index contributed by atoms with van der Waals surface area (Å²) in [6.45, 7) is 0.0954. The first-order chi connectivity index (χ1) is 5.29. The van der Waals surface area contributed by atoms with Crippen molar-refractivity contribution in [3.63, 3.8) is 0 Å². The van der Waals surface area contributed by atoms with Crippen LogP contribution < -0.4 is 0 Å². The molecule has 0 aromatic carbocycles. The van der Waals surface area contributed by atoms with Crippen LogP contribution in [0.3, 0.4) is 0 Å². The Morgan fingerprint density at radius 2 is 2.00 bits per heavy atom. The van der Waals surface area contributed by atoms with E-state index in [1.165, 1.54) is 0 Å². The van der Waals surface area contributed by atoms with E-state index in [2.05, 4.69) is 12.2 Å². The molecule has 0 spiro atoms. The molecule has 0 unspecified atom stereocenters. The summed E-state index contributed by atoms with van der Waals surface area (Å²) < 4.78 is 0. The van der Waals surface area contributed by atoms with Gasteiger partial charge < -0.3 is 0 Å². The van der Waals surface area contributed by atoms with E-state index in [9.17, 15) is 10.1 Å². The Morgan fingerprint density at radius 1 is 1.36 bits per heavy atom. The molecule has 1 rings (SSSR count). The van der Waals surface area contributed by atoms with Crippen LogP contribution in [-0.2, 0) is 0 Å². The van der Waals surface area contributed by atoms with E-state index >= 15 is 0 Å². The molecule has 1 aliphatic carbocycles. The molecule has 0 saturated heterocycles. The lowest BCUT2D eigenvalue weighted by molar-refractivity contribution is -0.480. The first-order valence-electron chi connectivity index (χ1n) is 3.76. The zero-order valence-electron chi connectivity index (χ0n) is 6.27. The maximum atomic E-state index is 9.94. The summed E-state index contributed by atoms with van der Waals surface area (Å²) in [6.07, 6.45) is 9.67. The molecule has 11 heavy (non-hydrogen) atoms. The standard InChI is InChI=1S/C8H11NO2/c10-9(11)7-3-6-8-4-1-2-5-8/h1-2,4-5,8H,3,6-7H2. The van der Waals surface area contributed by atoms with Gasteiger partial charge in [0.25, 0.3) is 0 Å². The number of rotatable bonds is 4. The summed E-state index contributed by atoms with van der Waals surface area (Å²) in [5.41, 5.74) is 0. The van der Waals surface area contributed by atoms with E-state index in [0.29, 0.717) is 12.3 Å². The van der Waals surface area contributed by atoms with Crippen molar-refractivity contribution in [2.24, 2.45) is 5.92 Å². The van der Waals surface area contributed by atoms with Gasteiger partial charge in [-0.2, -0.15) is 0 Å². The second-order valence-electron chi connectivity index (χ2n) is 2.63. The van der Waals surface area contributed by atoms with Crippen LogP contribution >= 0.6 is 0 Å². The number of allylic oxidation sites excluding steroid dienone is 4. The van der Waals surface area contributed by atoms with Crippen LogP contribution in [-0.4, -0.2) is 11.5 Å². The first-order valence-corrected chi connectivity index (χ1v) is 3.76. The normalized spacial score (nSPS) is 16.0. The highest BCUT2D eigenvalue weighted by molar-refractivity contribution is 5.17.